The molecule has 1 aliphatic rings. The van der Waals surface area contributed by atoms with Gasteiger partial charge in [0.25, 0.3) is 0 Å². The van der Waals surface area contributed by atoms with Crippen molar-refractivity contribution in [1.82, 2.24) is 10.2 Å². The highest BCUT2D eigenvalue weighted by atomic mass is 16.4. The maximum atomic E-state index is 12.1. The van der Waals surface area contributed by atoms with E-state index in [1.165, 1.54) is 23.3 Å². The molecule has 2 amide bonds. The van der Waals surface area contributed by atoms with Gasteiger partial charge in [-0.05, 0) is 30.2 Å². The van der Waals surface area contributed by atoms with E-state index in [4.69, 9.17) is 5.11 Å². The average Bonchev–Trinajstić information content (AvgIpc) is 3.00. The molecule has 126 valence electrons. The summed E-state index contributed by atoms with van der Waals surface area (Å²) in [6.45, 7) is 0.880. The van der Waals surface area contributed by atoms with Crippen LogP contribution in [0.5, 0.6) is 0 Å². The molecule has 5 nitrogen and oxygen atoms in total. The van der Waals surface area contributed by atoms with Crippen molar-refractivity contribution >= 4 is 12.0 Å². The second-order valence-electron chi connectivity index (χ2n) is 6.59. The minimum Gasteiger partial charge on any atom is -0.481 e. The molecule has 0 radical (unpaired) electrons. The topological polar surface area (TPSA) is 69.6 Å². The molecular formula is C18H26N2O3. The molecule has 2 rings (SSSR count). The van der Waals surface area contributed by atoms with E-state index in [1.807, 2.05) is 6.07 Å². The number of benzene rings is 1. The lowest BCUT2D eigenvalue weighted by atomic mass is 9.80. The van der Waals surface area contributed by atoms with Gasteiger partial charge in [0.2, 0.25) is 0 Å². The third-order valence-electron chi connectivity index (χ3n) is 4.71. The predicted molar refractivity (Wildman–Crippen MR) is 89.3 cm³/mol. The fourth-order valence-corrected chi connectivity index (χ4v) is 3.33. The van der Waals surface area contributed by atoms with Gasteiger partial charge in [-0.2, -0.15) is 0 Å². The Balaban J connectivity index is 1.89. The Hall–Kier alpha value is -2.04. The molecule has 0 saturated heterocycles. The lowest BCUT2D eigenvalue weighted by Gasteiger charge is -2.30. The van der Waals surface area contributed by atoms with Gasteiger partial charge in [-0.3, -0.25) is 4.79 Å². The van der Waals surface area contributed by atoms with E-state index in [1.54, 1.807) is 7.05 Å². The summed E-state index contributed by atoms with van der Waals surface area (Å²) in [5.74, 6) is -0.888. The molecule has 23 heavy (non-hydrogen) atoms. The monoisotopic (exact) mass is 318 g/mol. The van der Waals surface area contributed by atoms with E-state index < -0.39 is 5.97 Å². The zero-order valence-electron chi connectivity index (χ0n) is 13.8. The smallest absolute Gasteiger partial charge is 0.317 e. The van der Waals surface area contributed by atoms with Gasteiger partial charge in [-0.1, -0.05) is 43.2 Å². The zero-order valence-corrected chi connectivity index (χ0v) is 13.8. The van der Waals surface area contributed by atoms with Gasteiger partial charge in [0.05, 0.1) is 6.42 Å². The number of rotatable bonds is 7. The van der Waals surface area contributed by atoms with Crippen LogP contribution in [-0.2, 0) is 11.2 Å². The number of carboxylic acid groups (broad SMARTS) is 1. The normalized spacial score (nSPS) is 16.0. The molecular weight excluding hydrogens is 292 g/mol. The number of carbonyl (C=O) groups excluding carboxylic acids is 1. The first-order valence-electron chi connectivity index (χ1n) is 8.25. The Morgan fingerprint density at radius 1 is 1.22 bits per heavy atom. The van der Waals surface area contributed by atoms with Crippen molar-refractivity contribution in [2.75, 3.05) is 20.1 Å². The fourth-order valence-electron chi connectivity index (χ4n) is 3.33. The van der Waals surface area contributed by atoms with Gasteiger partial charge in [0, 0.05) is 20.1 Å². The molecule has 1 aromatic rings. The van der Waals surface area contributed by atoms with Gasteiger partial charge in [0.15, 0.2) is 0 Å². The summed E-state index contributed by atoms with van der Waals surface area (Å²) in [6.07, 6.45) is 5.61. The van der Waals surface area contributed by atoms with Crippen molar-refractivity contribution in [3.05, 3.63) is 35.9 Å². The van der Waals surface area contributed by atoms with Gasteiger partial charge in [-0.25, -0.2) is 4.79 Å². The zero-order chi connectivity index (χ0) is 16.7. The molecule has 0 aromatic heterocycles. The quantitative estimate of drug-likeness (QED) is 0.812. The lowest BCUT2D eigenvalue weighted by molar-refractivity contribution is -0.137. The second-order valence-corrected chi connectivity index (χ2v) is 6.59. The van der Waals surface area contributed by atoms with Crippen LogP contribution in [0.25, 0.3) is 0 Å². The summed E-state index contributed by atoms with van der Waals surface area (Å²) in [7, 11) is 1.64. The van der Waals surface area contributed by atoms with Gasteiger partial charge in [-0.15, -0.1) is 0 Å². The van der Waals surface area contributed by atoms with Crippen LogP contribution in [0.2, 0.25) is 0 Å². The van der Waals surface area contributed by atoms with Crippen molar-refractivity contribution in [2.45, 2.75) is 38.5 Å². The van der Waals surface area contributed by atoms with Gasteiger partial charge in [0.1, 0.15) is 0 Å². The minimum absolute atomic E-state index is 0.0287. The third kappa shape index (κ3) is 5.27. The first kappa shape index (κ1) is 17.3. The van der Waals surface area contributed by atoms with Crippen LogP contribution in [0.1, 0.15) is 37.7 Å². The number of carbonyl (C=O) groups is 2. The summed E-state index contributed by atoms with van der Waals surface area (Å²) in [5.41, 5.74) is 1.44. The van der Waals surface area contributed by atoms with Crippen LogP contribution in [0.3, 0.4) is 0 Å². The van der Waals surface area contributed by atoms with Crippen LogP contribution in [-0.4, -0.2) is 42.1 Å². The molecule has 0 unspecified atom stereocenters. The number of nitrogens with zero attached hydrogens (tertiary/aromatic N) is 1. The number of hydrogen-bond donors (Lipinski definition) is 2. The molecule has 2 N–H and O–H groups in total. The van der Waals surface area contributed by atoms with E-state index >= 15 is 0 Å². The lowest BCUT2D eigenvalue weighted by Crippen LogP contribution is -2.44. The summed E-state index contributed by atoms with van der Waals surface area (Å²) in [5, 5.41) is 11.7. The molecule has 5 heteroatoms. The molecule has 0 bridgehead atoms. The van der Waals surface area contributed by atoms with Crippen molar-refractivity contribution in [1.29, 1.82) is 0 Å². The second kappa shape index (κ2) is 7.99. The summed E-state index contributed by atoms with van der Waals surface area (Å²) < 4.78 is 0. The predicted octanol–water partition coefficient (Wildman–Crippen LogP) is 2.91. The van der Waals surface area contributed by atoms with Crippen LogP contribution >= 0.6 is 0 Å². The Bertz CT molecular complexity index is 524. The molecule has 1 aliphatic carbocycles. The number of aliphatic carboxylic acids is 1. The molecule has 0 atom stereocenters. The Labute approximate surface area is 137 Å². The minimum atomic E-state index is -0.888. The molecule has 1 saturated carbocycles. The van der Waals surface area contributed by atoms with Crippen LogP contribution in [0.4, 0.5) is 4.79 Å². The van der Waals surface area contributed by atoms with Crippen LogP contribution in [0, 0.1) is 5.41 Å². The summed E-state index contributed by atoms with van der Waals surface area (Å²) in [4.78, 5) is 24.2. The molecule has 0 spiro atoms. The van der Waals surface area contributed by atoms with E-state index in [-0.39, 0.29) is 24.4 Å². The van der Waals surface area contributed by atoms with E-state index in [2.05, 4.69) is 29.6 Å². The molecule has 0 aliphatic heterocycles. The van der Waals surface area contributed by atoms with E-state index in [0.29, 0.717) is 6.54 Å². The standard InChI is InChI=1S/C18H26N2O3/c1-20(12-9-16(21)22)17(23)19-14-18(10-5-6-11-18)13-15-7-3-2-4-8-15/h2-4,7-8H,5-6,9-14H2,1H3,(H,19,23)(H,21,22). The SMILES string of the molecule is CN(CCC(=O)O)C(=O)NCC1(Cc2ccccc2)CCCC1. The number of urea groups is 1. The van der Waals surface area contributed by atoms with E-state index in [9.17, 15) is 9.59 Å². The maximum Gasteiger partial charge on any atom is 0.317 e. The number of carboxylic acids is 1. The Morgan fingerprint density at radius 3 is 2.48 bits per heavy atom. The highest BCUT2D eigenvalue weighted by Crippen LogP contribution is 2.40. The number of amides is 2. The van der Waals surface area contributed by atoms with Crippen molar-refractivity contribution in [3.63, 3.8) is 0 Å². The highest BCUT2D eigenvalue weighted by molar-refractivity contribution is 5.75. The maximum absolute atomic E-state index is 12.1. The van der Waals surface area contributed by atoms with Gasteiger partial charge >= 0.3 is 12.0 Å². The fraction of sp³-hybridized carbons (Fsp3) is 0.556. The van der Waals surface area contributed by atoms with Crippen LogP contribution < -0.4 is 5.32 Å². The first-order valence-corrected chi connectivity index (χ1v) is 8.25. The van der Waals surface area contributed by atoms with Crippen molar-refractivity contribution in [2.24, 2.45) is 5.41 Å². The largest absolute Gasteiger partial charge is 0.481 e. The Kier molecular flexibility index (Phi) is 6.02. The van der Waals surface area contributed by atoms with Crippen molar-refractivity contribution in [3.8, 4) is 0 Å². The van der Waals surface area contributed by atoms with Crippen LogP contribution in [0.15, 0.2) is 30.3 Å². The first-order chi connectivity index (χ1) is 11.0. The third-order valence-corrected chi connectivity index (χ3v) is 4.71. The number of nitrogens with one attached hydrogen (secondary N) is 1. The highest BCUT2D eigenvalue weighted by Gasteiger charge is 2.34. The summed E-state index contributed by atoms with van der Waals surface area (Å²) >= 11 is 0. The number of hydrogen-bond acceptors (Lipinski definition) is 2. The van der Waals surface area contributed by atoms with Gasteiger partial charge < -0.3 is 15.3 Å². The molecule has 0 heterocycles. The summed E-state index contributed by atoms with van der Waals surface area (Å²) in [6, 6.07) is 10.2. The van der Waals surface area contributed by atoms with E-state index in [0.717, 1.165) is 19.3 Å². The Morgan fingerprint density at radius 2 is 1.87 bits per heavy atom. The van der Waals surface area contributed by atoms with Crippen molar-refractivity contribution < 1.29 is 14.7 Å². The average molecular weight is 318 g/mol. The molecule has 1 fully saturated rings. The molecule has 1 aromatic carbocycles.